The zero-order chi connectivity index (χ0) is 9.97. The molecule has 0 amide bonds. The van der Waals surface area contributed by atoms with Crippen LogP contribution < -0.4 is 4.90 Å². The highest BCUT2D eigenvalue weighted by atomic mass is 35.5. The van der Waals surface area contributed by atoms with E-state index in [-0.39, 0.29) is 0 Å². The molecule has 0 spiro atoms. The van der Waals surface area contributed by atoms with E-state index in [1.807, 2.05) is 5.38 Å². The van der Waals surface area contributed by atoms with Crippen molar-refractivity contribution in [2.75, 3.05) is 11.4 Å². The maximum absolute atomic E-state index is 8.55. The van der Waals surface area contributed by atoms with Gasteiger partial charge in [0, 0.05) is 18.0 Å². The van der Waals surface area contributed by atoms with Crippen molar-refractivity contribution >= 4 is 28.1 Å². The van der Waals surface area contributed by atoms with Crippen molar-refractivity contribution in [2.45, 2.75) is 25.3 Å². The molecule has 0 atom stereocenters. The Morgan fingerprint density at radius 2 is 2.50 bits per heavy atom. The van der Waals surface area contributed by atoms with Gasteiger partial charge in [-0.05, 0) is 12.8 Å². The first-order valence-electron chi connectivity index (χ1n) is 4.56. The summed E-state index contributed by atoms with van der Waals surface area (Å²) >= 11 is 7.32. The van der Waals surface area contributed by atoms with E-state index in [0.717, 1.165) is 11.7 Å². The van der Waals surface area contributed by atoms with Gasteiger partial charge in [-0.3, -0.25) is 0 Å². The second-order valence-electron chi connectivity index (χ2n) is 3.29. The lowest BCUT2D eigenvalue weighted by Gasteiger charge is -2.19. The van der Waals surface area contributed by atoms with Crippen LogP contribution in [0.4, 0.5) is 5.13 Å². The van der Waals surface area contributed by atoms with Crippen molar-refractivity contribution in [1.82, 2.24) is 4.98 Å². The number of nitriles is 1. The highest BCUT2D eigenvalue weighted by Crippen LogP contribution is 2.34. The lowest BCUT2D eigenvalue weighted by Crippen LogP contribution is -2.26. The van der Waals surface area contributed by atoms with Crippen LogP contribution in [-0.4, -0.2) is 17.6 Å². The van der Waals surface area contributed by atoms with Crippen molar-refractivity contribution in [3.63, 3.8) is 0 Å². The second-order valence-corrected chi connectivity index (χ2v) is 4.51. The van der Waals surface area contributed by atoms with Crippen molar-refractivity contribution in [3.05, 3.63) is 10.5 Å². The van der Waals surface area contributed by atoms with Gasteiger partial charge < -0.3 is 4.90 Å². The molecule has 0 saturated heterocycles. The summed E-state index contributed by atoms with van der Waals surface area (Å²) in [7, 11) is 0. The monoisotopic (exact) mass is 227 g/mol. The topological polar surface area (TPSA) is 39.9 Å². The molecule has 1 aliphatic rings. The van der Waals surface area contributed by atoms with Gasteiger partial charge in [0.2, 0.25) is 0 Å². The fourth-order valence-electron chi connectivity index (χ4n) is 1.37. The van der Waals surface area contributed by atoms with Crippen LogP contribution in [0, 0.1) is 11.3 Å². The minimum absolute atomic E-state index is 0.549. The number of halogens is 1. The second kappa shape index (κ2) is 4.16. The first-order chi connectivity index (χ1) is 6.81. The van der Waals surface area contributed by atoms with E-state index in [2.05, 4.69) is 16.0 Å². The van der Waals surface area contributed by atoms with E-state index in [1.165, 1.54) is 12.8 Å². The lowest BCUT2D eigenvalue weighted by atomic mass is 10.4. The average Bonchev–Trinajstić information content (AvgIpc) is 2.91. The summed E-state index contributed by atoms with van der Waals surface area (Å²) in [5.41, 5.74) is 0. The Kier molecular flexibility index (Phi) is 2.90. The molecule has 1 fully saturated rings. The number of thiazole rings is 1. The van der Waals surface area contributed by atoms with Gasteiger partial charge in [-0.1, -0.05) is 11.6 Å². The largest absolute Gasteiger partial charge is 0.344 e. The number of hydrogen-bond acceptors (Lipinski definition) is 4. The van der Waals surface area contributed by atoms with Crippen molar-refractivity contribution in [1.29, 1.82) is 5.26 Å². The summed E-state index contributed by atoms with van der Waals surface area (Å²) in [5.74, 6) is 0. The van der Waals surface area contributed by atoms with Gasteiger partial charge in [-0.2, -0.15) is 5.26 Å². The minimum atomic E-state index is 0.549. The summed E-state index contributed by atoms with van der Waals surface area (Å²) in [4.78, 5) is 6.42. The van der Waals surface area contributed by atoms with Gasteiger partial charge in [-0.25, -0.2) is 4.98 Å². The maximum atomic E-state index is 8.55. The van der Waals surface area contributed by atoms with Crippen LogP contribution in [0.25, 0.3) is 0 Å². The van der Waals surface area contributed by atoms with Gasteiger partial charge in [-0.15, -0.1) is 11.3 Å². The standard InChI is InChI=1S/C9H10ClN3S/c10-8-6-14-9(12-8)13(5-1-4-11)7-2-3-7/h6-7H,1-3,5H2. The SMILES string of the molecule is N#CCCN(c1nc(Cl)cs1)C1CC1. The molecule has 5 heteroatoms. The summed E-state index contributed by atoms with van der Waals surface area (Å²) in [6, 6.07) is 2.75. The van der Waals surface area contributed by atoms with E-state index >= 15 is 0 Å². The van der Waals surface area contributed by atoms with Gasteiger partial charge in [0.25, 0.3) is 0 Å². The number of nitrogens with zero attached hydrogens (tertiary/aromatic N) is 3. The van der Waals surface area contributed by atoms with Gasteiger partial charge in [0.05, 0.1) is 12.5 Å². The predicted octanol–water partition coefficient (Wildman–Crippen LogP) is 2.68. The smallest absolute Gasteiger partial charge is 0.187 e. The molecule has 0 aliphatic heterocycles. The summed E-state index contributed by atoms with van der Waals surface area (Å²) < 4.78 is 0. The minimum Gasteiger partial charge on any atom is -0.344 e. The Labute approximate surface area is 91.9 Å². The van der Waals surface area contributed by atoms with Crippen LogP contribution in [0.2, 0.25) is 5.15 Å². The van der Waals surface area contributed by atoms with E-state index in [9.17, 15) is 0 Å². The van der Waals surface area contributed by atoms with Gasteiger partial charge >= 0.3 is 0 Å². The normalized spacial score (nSPS) is 15.1. The molecular weight excluding hydrogens is 218 g/mol. The summed E-state index contributed by atoms with van der Waals surface area (Å²) in [6.07, 6.45) is 2.97. The molecule has 0 bridgehead atoms. The summed E-state index contributed by atoms with van der Waals surface area (Å²) in [6.45, 7) is 0.769. The highest BCUT2D eigenvalue weighted by Gasteiger charge is 2.30. The lowest BCUT2D eigenvalue weighted by molar-refractivity contribution is 0.789. The van der Waals surface area contributed by atoms with E-state index in [4.69, 9.17) is 16.9 Å². The maximum Gasteiger partial charge on any atom is 0.187 e. The quantitative estimate of drug-likeness (QED) is 0.794. The molecule has 0 aromatic carbocycles. The number of anilines is 1. The molecule has 14 heavy (non-hydrogen) atoms. The van der Waals surface area contributed by atoms with Crippen LogP contribution >= 0.6 is 22.9 Å². The Morgan fingerprint density at radius 1 is 1.71 bits per heavy atom. The van der Waals surface area contributed by atoms with Crippen LogP contribution in [0.15, 0.2) is 5.38 Å². The Morgan fingerprint density at radius 3 is 3.00 bits per heavy atom. The Hall–Kier alpha value is -0.790. The number of aromatic nitrogens is 1. The third-order valence-electron chi connectivity index (χ3n) is 2.16. The van der Waals surface area contributed by atoms with Crippen LogP contribution in [0.1, 0.15) is 19.3 Å². The van der Waals surface area contributed by atoms with Gasteiger partial charge in [0.15, 0.2) is 5.13 Å². The van der Waals surface area contributed by atoms with E-state index in [1.54, 1.807) is 11.3 Å². The van der Waals surface area contributed by atoms with E-state index < -0.39 is 0 Å². The molecule has 1 saturated carbocycles. The first kappa shape index (κ1) is 9.75. The van der Waals surface area contributed by atoms with Crippen molar-refractivity contribution in [3.8, 4) is 6.07 Å². The van der Waals surface area contributed by atoms with Crippen LogP contribution in [0.3, 0.4) is 0 Å². The highest BCUT2D eigenvalue weighted by molar-refractivity contribution is 7.14. The zero-order valence-corrected chi connectivity index (χ0v) is 9.18. The molecule has 2 rings (SSSR count). The third-order valence-corrected chi connectivity index (χ3v) is 3.36. The molecular formula is C9H10ClN3S. The molecule has 0 unspecified atom stereocenters. The fraction of sp³-hybridized carbons (Fsp3) is 0.556. The summed E-state index contributed by atoms with van der Waals surface area (Å²) in [5, 5.41) is 11.9. The van der Waals surface area contributed by atoms with Crippen molar-refractivity contribution in [2.24, 2.45) is 0 Å². The van der Waals surface area contributed by atoms with E-state index in [0.29, 0.717) is 17.6 Å². The zero-order valence-electron chi connectivity index (χ0n) is 7.61. The van der Waals surface area contributed by atoms with Crippen LogP contribution in [0.5, 0.6) is 0 Å². The van der Waals surface area contributed by atoms with Crippen molar-refractivity contribution < 1.29 is 0 Å². The molecule has 0 radical (unpaired) electrons. The van der Waals surface area contributed by atoms with Gasteiger partial charge in [0.1, 0.15) is 5.15 Å². The predicted molar refractivity (Wildman–Crippen MR) is 57.7 cm³/mol. The van der Waals surface area contributed by atoms with Crippen LogP contribution in [-0.2, 0) is 0 Å². The number of hydrogen-bond donors (Lipinski definition) is 0. The molecule has 0 N–H and O–H groups in total. The average molecular weight is 228 g/mol. The molecule has 1 aromatic heterocycles. The molecule has 3 nitrogen and oxygen atoms in total. The molecule has 1 aromatic rings. The molecule has 1 aliphatic carbocycles. The molecule has 1 heterocycles. The third kappa shape index (κ3) is 2.17. The fourth-order valence-corrected chi connectivity index (χ4v) is 2.41. The number of rotatable bonds is 4. The first-order valence-corrected chi connectivity index (χ1v) is 5.81. The Bertz CT molecular complexity index is 353. The Balaban J connectivity index is 2.06. The molecule has 74 valence electrons.